The Balaban J connectivity index is 2.96. The number of ether oxygens (including phenoxy) is 3. The van der Waals surface area contributed by atoms with Gasteiger partial charge in [-0.1, -0.05) is 13.3 Å². The van der Waals surface area contributed by atoms with Crippen LogP contribution in [0.4, 0.5) is 0 Å². The van der Waals surface area contributed by atoms with Crippen molar-refractivity contribution in [2.75, 3.05) is 34.4 Å². The summed E-state index contributed by atoms with van der Waals surface area (Å²) in [5.74, 6) is 1.68. The van der Waals surface area contributed by atoms with Gasteiger partial charge in [-0.05, 0) is 37.1 Å². The number of benzene rings is 1. The standard InChI is InChI=1S/C18H27NO4/c1-6-8-11-19(7-2)17(20)10-9-14-12-15(21-3)18(23-5)16(13-14)22-4/h9-10,12-13H,6-8,11H2,1-5H3/b10-9+. The Bertz CT molecular complexity index is 515. The maximum absolute atomic E-state index is 12.2. The minimum Gasteiger partial charge on any atom is -0.493 e. The number of likely N-dealkylation sites (N-methyl/N-ethyl adjacent to an activating group) is 1. The van der Waals surface area contributed by atoms with Crippen molar-refractivity contribution in [3.05, 3.63) is 23.8 Å². The second-order valence-corrected chi connectivity index (χ2v) is 5.06. The highest BCUT2D eigenvalue weighted by Crippen LogP contribution is 2.38. The molecule has 0 aromatic heterocycles. The van der Waals surface area contributed by atoms with Gasteiger partial charge in [0.05, 0.1) is 21.3 Å². The van der Waals surface area contributed by atoms with Crippen molar-refractivity contribution in [3.8, 4) is 17.2 Å². The first-order valence-corrected chi connectivity index (χ1v) is 7.88. The van der Waals surface area contributed by atoms with Gasteiger partial charge in [0.15, 0.2) is 11.5 Å². The summed E-state index contributed by atoms with van der Waals surface area (Å²) in [6.07, 6.45) is 5.43. The molecular formula is C18H27NO4. The van der Waals surface area contributed by atoms with E-state index >= 15 is 0 Å². The Morgan fingerprint density at radius 3 is 2.13 bits per heavy atom. The molecule has 0 heterocycles. The zero-order valence-corrected chi connectivity index (χ0v) is 14.7. The van der Waals surface area contributed by atoms with Gasteiger partial charge in [-0.25, -0.2) is 0 Å². The van der Waals surface area contributed by atoms with Crippen LogP contribution in [0.15, 0.2) is 18.2 Å². The van der Waals surface area contributed by atoms with E-state index in [1.54, 1.807) is 33.5 Å². The second kappa shape index (κ2) is 9.77. The molecule has 1 aromatic carbocycles. The highest BCUT2D eigenvalue weighted by atomic mass is 16.5. The molecule has 0 saturated carbocycles. The van der Waals surface area contributed by atoms with Gasteiger partial charge < -0.3 is 19.1 Å². The van der Waals surface area contributed by atoms with Crippen LogP contribution < -0.4 is 14.2 Å². The van der Waals surface area contributed by atoms with Crippen LogP contribution in [-0.4, -0.2) is 45.2 Å². The van der Waals surface area contributed by atoms with Crippen molar-refractivity contribution in [3.63, 3.8) is 0 Å². The van der Waals surface area contributed by atoms with Crippen molar-refractivity contribution in [2.24, 2.45) is 0 Å². The lowest BCUT2D eigenvalue weighted by molar-refractivity contribution is -0.125. The Labute approximate surface area is 138 Å². The van der Waals surface area contributed by atoms with E-state index in [1.165, 1.54) is 0 Å². The van der Waals surface area contributed by atoms with Crippen molar-refractivity contribution in [1.29, 1.82) is 0 Å². The molecule has 1 aromatic rings. The third-order valence-corrected chi connectivity index (χ3v) is 3.58. The van der Waals surface area contributed by atoms with Gasteiger partial charge >= 0.3 is 0 Å². The fraction of sp³-hybridized carbons (Fsp3) is 0.500. The molecule has 0 aliphatic carbocycles. The van der Waals surface area contributed by atoms with Crippen LogP contribution in [0.1, 0.15) is 32.3 Å². The molecule has 0 unspecified atom stereocenters. The fourth-order valence-electron chi connectivity index (χ4n) is 2.24. The number of methoxy groups -OCH3 is 3. The Kier molecular flexibility index (Phi) is 8.02. The van der Waals surface area contributed by atoms with E-state index in [1.807, 2.05) is 24.0 Å². The Morgan fingerprint density at radius 1 is 1.09 bits per heavy atom. The van der Waals surface area contributed by atoms with Crippen molar-refractivity contribution >= 4 is 12.0 Å². The molecule has 0 bridgehead atoms. The molecule has 0 aliphatic rings. The predicted octanol–water partition coefficient (Wildman–Crippen LogP) is 3.37. The molecule has 23 heavy (non-hydrogen) atoms. The first-order valence-electron chi connectivity index (χ1n) is 7.88. The van der Waals surface area contributed by atoms with Gasteiger partial charge in [0, 0.05) is 19.2 Å². The molecule has 0 aliphatic heterocycles. The van der Waals surface area contributed by atoms with Crippen LogP contribution in [-0.2, 0) is 4.79 Å². The van der Waals surface area contributed by atoms with Crippen LogP contribution in [0.5, 0.6) is 17.2 Å². The molecule has 5 heteroatoms. The van der Waals surface area contributed by atoms with E-state index in [9.17, 15) is 4.79 Å². The number of hydrogen-bond acceptors (Lipinski definition) is 4. The lowest BCUT2D eigenvalue weighted by Gasteiger charge is -2.18. The number of carbonyl (C=O) groups is 1. The molecule has 0 fully saturated rings. The number of carbonyl (C=O) groups excluding carboxylic acids is 1. The Hall–Kier alpha value is -2.17. The lowest BCUT2D eigenvalue weighted by atomic mass is 10.1. The lowest BCUT2D eigenvalue weighted by Crippen LogP contribution is -2.30. The van der Waals surface area contributed by atoms with Crippen molar-refractivity contribution in [1.82, 2.24) is 4.90 Å². The van der Waals surface area contributed by atoms with Crippen LogP contribution in [0.3, 0.4) is 0 Å². The smallest absolute Gasteiger partial charge is 0.246 e. The largest absolute Gasteiger partial charge is 0.493 e. The molecule has 0 spiro atoms. The number of rotatable bonds is 9. The van der Waals surface area contributed by atoms with Crippen LogP contribution in [0.2, 0.25) is 0 Å². The molecular weight excluding hydrogens is 294 g/mol. The number of amides is 1. The van der Waals surface area contributed by atoms with Gasteiger partial charge in [0.25, 0.3) is 0 Å². The van der Waals surface area contributed by atoms with E-state index in [-0.39, 0.29) is 5.91 Å². The van der Waals surface area contributed by atoms with Gasteiger partial charge in [-0.2, -0.15) is 0 Å². The van der Waals surface area contributed by atoms with Gasteiger partial charge in [-0.15, -0.1) is 0 Å². The molecule has 0 saturated heterocycles. The molecule has 1 rings (SSSR count). The molecule has 128 valence electrons. The maximum Gasteiger partial charge on any atom is 0.246 e. The van der Waals surface area contributed by atoms with E-state index in [0.717, 1.165) is 24.9 Å². The summed E-state index contributed by atoms with van der Waals surface area (Å²) >= 11 is 0. The summed E-state index contributed by atoms with van der Waals surface area (Å²) in [4.78, 5) is 14.1. The van der Waals surface area contributed by atoms with Crippen LogP contribution in [0, 0.1) is 0 Å². The van der Waals surface area contributed by atoms with Crippen molar-refractivity contribution < 1.29 is 19.0 Å². The summed E-state index contributed by atoms with van der Waals surface area (Å²) in [5.41, 5.74) is 0.819. The molecule has 5 nitrogen and oxygen atoms in total. The van der Waals surface area contributed by atoms with Crippen molar-refractivity contribution in [2.45, 2.75) is 26.7 Å². The number of hydrogen-bond donors (Lipinski definition) is 0. The predicted molar refractivity (Wildman–Crippen MR) is 92.3 cm³/mol. The monoisotopic (exact) mass is 321 g/mol. The fourth-order valence-corrected chi connectivity index (χ4v) is 2.24. The minimum atomic E-state index is 0.00898. The van der Waals surface area contributed by atoms with E-state index in [4.69, 9.17) is 14.2 Å². The maximum atomic E-state index is 12.2. The normalized spacial score (nSPS) is 10.7. The average molecular weight is 321 g/mol. The van der Waals surface area contributed by atoms with E-state index in [0.29, 0.717) is 23.8 Å². The van der Waals surface area contributed by atoms with Crippen LogP contribution >= 0.6 is 0 Å². The third-order valence-electron chi connectivity index (χ3n) is 3.58. The molecule has 0 N–H and O–H groups in total. The summed E-state index contributed by atoms with van der Waals surface area (Å²) in [5, 5.41) is 0. The first kappa shape index (κ1) is 18.9. The quantitative estimate of drug-likeness (QED) is 0.654. The highest BCUT2D eigenvalue weighted by molar-refractivity contribution is 5.92. The van der Waals surface area contributed by atoms with E-state index in [2.05, 4.69) is 6.92 Å². The number of nitrogens with zero attached hydrogens (tertiary/aromatic N) is 1. The van der Waals surface area contributed by atoms with E-state index < -0.39 is 0 Å². The zero-order chi connectivity index (χ0) is 17.2. The topological polar surface area (TPSA) is 48.0 Å². The molecule has 0 atom stereocenters. The SMILES string of the molecule is CCCCN(CC)C(=O)/C=C/c1cc(OC)c(OC)c(OC)c1. The zero-order valence-electron chi connectivity index (χ0n) is 14.7. The van der Waals surface area contributed by atoms with Crippen LogP contribution in [0.25, 0.3) is 6.08 Å². The summed E-state index contributed by atoms with van der Waals surface area (Å²) in [7, 11) is 4.70. The third kappa shape index (κ3) is 5.20. The minimum absolute atomic E-state index is 0.00898. The average Bonchev–Trinajstić information content (AvgIpc) is 2.59. The van der Waals surface area contributed by atoms with Gasteiger partial charge in [0.1, 0.15) is 0 Å². The molecule has 0 radical (unpaired) electrons. The Morgan fingerprint density at radius 2 is 1.70 bits per heavy atom. The number of unbranched alkanes of at least 4 members (excludes halogenated alkanes) is 1. The summed E-state index contributed by atoms with van der Waals surface area (Å²) in [6, 6.07) is 3.63. The van der Waals surface area contributed by atoms with Gasteiger partial charge in [0.2, 0.25) is 11.7 Å². The summed E-state index contributed by atoms with van der Waals surface area (Å²) < 4.78 is 15.9. The van der Waals surface area contributed by atoms with Gasteiger partial charge in [-0.3, -0.25) is 4.79 Å². The summed E-state index contributed by atoms with van der Waals surface area (Å²) in [6.45, 7) is 5.59. The second-order valence-electron chi connectivity index (χ2n) is 5.06. The first-order chi connectivity index (χ1) is 11.1. The molecule has 1 amide bonds. The highest BCUT2D eigenvalue weighted by Gasteiger charge is 2.13.